The van der Waals surface area contributed by atoms with Crippen LogP contribution in [0.3, 0.4) is 0 Å². The summed E-state index contributed by atoms with van der Waals surface area (Å²) in [4.78, 5) is 12.1. The van der Waals surface area contributed by atoms with Gasteiger partial charge in [-0.15, -0.1) is 0 Å². The lowest BCUT2D eigenvalue weighted by molar-refractivity contribution is 0.0254. The zero-order valence-electron chi connectivity index (χ0n) is 22.8. The van der Waals surface area contributed by atoms with E-state index in [4.69, 9.17) is 19.2 Å². The van der Waals surface area contributed by atoms with Crippen LogP contribution in [0.2, 0.25) is 0 Å². The summed E-state index contributed by atoms with van der Waals surface area (Å²) in [6, 6.07) is 15.4. The normalized spacial score (nSPS) is 17.4. The molecule has 1 unspecified atom stereocenters. The molecule has 0 amide bonds. The number of likely N-dealkylation sites (N-methyl/N-ethyl adjacent to an activating group) is 1. The van der Waals surface area contributed by atoms with Crippen LogP contribution in [0.1, 0.15) is 29.8 Å². The number of hydrogen-bond donors (Lipinski definition) is 0. The molecule has 1 aromatic heterocycles. The first kappa shape index (κ1) is 29.6. The van der Waals surface area contributed by atoms with E-state index in [2.05, 4.69) is 23.0 Å². The van der Waals surface area contributed by atoms with Gasteiger partial charge in [-0.3, -0.25) is 0 Å². The Hall–Kier alpha value is -3.40. The second kappa shape index (κ2) is 13.8. The van der Waals surface area contributed by atoms with Gasteiger partial charge in [-0.2, -0.15) is 5.26 Å². The molecule has 5 rings (SSSR count). The van der Waals surface area contributed by atoms with Gasteiger partial charge in [0.1, 0.15) is 40.5 Å². The van der Waals surface area contributed by atoms with Crippen molar-refractivity contribution < 1.29 is 23.9 Å². The molecule has 212 valence electrons. The molecule has 2 N–H and O–H groups in total. The lowest BCUT2D eigenvalue weighted by atomic mass is 10.1. The van der Waals surface area contributed by atoms with Crippen LogP contribution in [0.15, 0.2) is 53.6 Å². The molecule has 3 heterocycles. The fraction of sp³-hybridized carbons (Fsp3) is 0.414. The number of aromatic nitrogens is 2. The zero-order chi connectivity index (χ0) is 27.2. The standard InChI is InChI=1S/C29H33N5O4S.H2O/c1-33-11-13-34(14-12-33)39(35)28-6-3-21(17-27(28)36-2)18-29-31-10-7-25(32-29)22-4-5-26(23(19-22)20-30)38-24-8-15-37-16-9-24;/h3-7,10,17,19,24H,8-9,11-16,18H2,1-2H3;1H2. The van der Waals surface area contributed by atoms with Crippen molar-refractivity contribution in [3.8, 4) is 28.8 Å². The van der Waals surface area contributed by atoms with Crippen molar-refractivity contribution in [2.75, 3.05) is 53.6 Å². The summed E-state index contributed by atoms with van der Waals surface area (Å²) in [5, 5.41) is 9.75. The zero-order valence-corrected chi connectivity index (χ0v) is 23.7. The van der Waals surface area contributed by atoms with Crippen LogP contribution in [0.4, 0.5) is 0 Å². The maximum absolute atomic E-state index is 13.2. The van der Waals surface area contributed by atoms with E-state index in [-0.39, 0.29) is 11.6 Å². The number of piperazine rings is 1. The molecule has 10 nitrogen and oxygen atoms in total. The first-order valence-electron chi connectivity index (χ1n) is 13.2. The minimum Gasteiger partial charge on any atom is -0.495 e. The van der Waals surface area contributed by atoms with Crippen molar-refractivity contribution >= 4 is 11.0 Å². The average molecular weight is 566 g/mol. The van der Waals surface area contributed by atoms with Crippen LogP contribution in [-0.4, -0.2) is 88.5 Å². The van der Waals surface area contributed by atoms with Gasteiger partial charge >= 0.3 is 0 Å². The summed E-state index contributed by atoms with van der Waals surface area (Å²) in [5.41, 5.74) is 2.99. The Kier molecular flexibility index (Phi) is 10.2. The molecule has 0 radical (unpaired) electrons. The Balaban J connectivity index is 0.00000370. The summed E-state index contributed by atoms with van der Waals surface area (Å²) in [5.74, 6) is 1.83. The van der Waals surface area contributed by atoms with Crippen LogP contribution in [0.5, 0.6) is 11.5 Å². The van der Waals surface area contributed by atoms with Crippen LogP contribution < -0.4 is 9.47 Å². The molecule has 0 aliphatic carbocycles. The molecular weight excluding hydrogens is 530 g/mol. The Bertz CT molecular complexity index is 1370. The Morgan fingerprint density at radius 2 is 1.85 bits per heavy atom. The lowest BCUT2D eigenvalue weighted by Gasteiger charge is -2.31. The van der Waals surface area contributed by atoms with Crippen molar-refractivity contribution in [2.24, 2.45) is 0 Å². The van der Waals surface area contributed by atoms with Crippen LogP contribution in [-0.2, 0) is 22.1 Å². The molecule has 0 bridgehead atoms. The highest BCUT2D eigenvalue weighted by molar-refractivity contribution is 7.82. The average Bonchev–Trinajstić information content (AvgIpc) is 2.98. The van der Waals surface area contributed by atoms with Gasteiger partial charge in [-0.25, -0.2) is 18.5 Å². The number of benzene rings is 2. The Morgan fingerprint density at radius 3 is 2.58 bits per heavy atom. The highest BCUT2D eigenvalue weighted by Gasteiger charge is 2.23. The maximum atomic E-state index is 13.2. The van der Waals surface area contributed by atoms with Gasteiger partial charge in [0.25, 0.3) is 0 Å². The van der Waals surface area contributed by atoms with Gasteiger partial charge in [0.15, 0.2) is 0 Å². The number of ether oxygens (including phenoxy) is 3. The summed E-state index contributed by atoms with van der Waals surface area (Å²) in [6.45, 7) is 4.65. The molecule has 0 saturated carbocycles. The number of nitrogens with zero attached hydrogens (tertiary/aromatic N) is 5. The van der Waals surface area contributed by atoms with E-state index in [1.54, 1.807) is 13.3 Å². The summed E-state index contributed by atoms with van der Waals surface area (Å²) < 4.78 is 32.3. The molecule has 3 aromatic rings. The first-order valence-corrected chi connectivity index (χ1v) is 14.3. The fourth-order valence-electron chi connectivity index (χ4n) is 4.74. The van der Waals surface area contributed by atoms with E-state index < -0.39 is 11.0 Å². The van der Waals surface area contributed by atoms with Crippen LogP contribution >= 0.6 is 0 Å². The first-order chi connectivity index (χ1) is 19.0. The summed E-state index contributed by atoms with van der Waals surface area (Å²) in [6.07, 6.45) is 3.91. The fourth-order valence-corrected chi connectivity index (χ4v) is 6.01. The second-order valence-electron chi connectivity index (χ2n) is 9.75. The molecule has 2 saturated heterocycles. The van der Waals surface area contributed by atoms with Crippen molar-refractivity contribution in [1.82, 2.24) is 19.2 Å². The highest BCUT2D eigenvalue weighted by Crippen LogP contribution is 2.29. The molecule has 2 aliphatic rings. The van der Waals surface area contributed by atoms with E-state index in [9.17, 15) is 9.47 Å². The summed E-state index contributed by atoms with van der Waals surface area (Å²) >= 11 is 0. The summed E-state index contributed by atoms with van der Waals surface area (Å²) in [7, 11) is 2.40. The van der Waals surface area contributed by atoms with E-state index in [0.29, 0.717) is 47.4 Å². The van der Waals surface area contributed by atoms with Crippen molar-refractivity contribution in [3.05, 3.63) is 65.6 Å². The third-order valence-corrected chi connectivity index (χ3v) is 8.59. The number of rotatable bonds is 8. The van der Waals surface area contributed by atoms with Crippen molar-refractivity contribution in [2.45, 2.75) is 30.3 Å². The van der Waals surface area contributed by atoms with Crippen LogP contribution in [0, 0.1) is 11.3 Å². The van der Waals surface area contributed by atoms with E-state index in [1.165, 1.54) is 0 Å². The number of methoxy groups -OCH3 is 1. The Morgan fingerprint density at radius 1 is 1.07 bits per heavy atom. The molecule has 40 heavy (non-hydrogen) atoms. The number of nitriles is 1. The third kappa shape index (κ3) is 7.02. The number of hydrogen-bond acceptors (Lipinski definition) is 8. The van der Waals surface area contributed by atoms with E-state index >= 15 is 0 Å². The van der Waals surface area contributed by atoms with Gasteiger partial charge in [0.05, 0.1) is 36.5 Å². The predicted octanol–water partition coefficient (Wildman–Crippen LogP) is 2.62. The largest absolute Gasteiger partial charge is 0.495 e. The monoisotopic (exact) mass is 565 g/mol. The van der Waals surface area contributed by atoms with E-state index in [1.807, 2.05) is 46.8 Å². The SMILES string of the molecule is COc1cc(Cc2nccc(-c3ccc(OC4CCOCC4)c(C#N)c3)n2)ccc1S(=O)N1CCN(C)CC1.O. The Labute approximate surface area is 237 Å². The molecule has 0 spiro atoms. The molecule has 2 aliphatic heterocycles. The lowest BCUT2D eigenvalue weighted by Crippen LogP contribution is -2.45. The van der Waals surface area contributed by atoms with Gasteiger partial charge in [-0.1, -0.05) is 6.07 Å². The van der Waals surface area contributed by atoms with Gasteiger partial charge in [0.2, 0.25) is 0 Å². The highest BCUT2D eigenvalue weighted by atomic mass is 32.2. The van der Waals surface area contributed by atoms with Crippen molar-refractivity contribution in [1.29, 1.82) is 5.26 Å². The van der Waals surface area contributed by atoms with Gasteiger partial charge in [-0.05, 0) is 49.0 Å². The molecule has 11 heteroatoms. The molecular formula is C29H35N5O5S. The van der Waals surface area contributed by atoms with Crippen molar-refractivity contribution in [3.63, 3.8) is 0 Å². The smallest absolute Gasteiger partial charge is 0.137 e. The van der Waals surface area contributed by atoms with E-state index in [0.717, 1.165) is 55.8 Å². The molecule has 2 aromatic carbocycles. The van der Waals surface area contributed by atoms with Crippen LogP contribution in [0.25, 0.3) is 11.3 Å². The second-order valence-corrected chi connectivity index (χ2v) is 11.2. The van der Waals surface area contributed by atoms with Gasteiger partial charge < -0.3 is 24.6 Å². The molecule has 2 fully saturated rings. The maximum Gasteiger partial charge on any atom is 0.137 e. The minimum atomic E-state index is -1.28. The predicted molar refractivity (Wildman–Crippen MR) is 152 cm³/mol. The molecule has 1 atom stereocenters. The third-order valence-electron chi connectivity index (χ3n) is 7.04. The minimum absolute atomic E-state index is 0. The van der Waals surface area contributed by atoms with Gasteiger partial charge in [0, 0.05) is 57.2 Å². The quantitative estimate of drug-likeness (QED) is 0.407. The topological polar surface area (TPSA) is 132 Å².